The van der Waals surface area contributed by atoms with Crippen LogP contribution >= 0.6 is 11.3 Å². The summed E-state index contributed by atoms with van der Waals surface area (Å²) in [4.78, 5) is 16.2. The molecule has 0 unspecified atom stereocenters. The minimum atomic E-state index is -0.489. The molecule has 0 saturated heterocycles. The van der Waals surface area contributed by atoms with E-state index >= 15 is 0 Å². The highest BCUT2D eigenvalue weighted by Gasteiger charge is 2.12. The van der Waals surface area contributed by atoms with E-state index in [2.05, 4.69) is 10.3 Å². The quantitative estimate of drug-likeness (QED) is 0.375. The maximum Gasteiger partial charge on any atom is 0.359 e. The number of anilines is 1. The summed E-state index contributed by atoms with van der Waals surface area (Å²) in [5.41, 5.74) is 2.46. The van der Waals surface area contributed by atoms with E-state index in [0.29, 0.717) is 18.3 Å². The number of thiazole rings is 1. The SMILES string of the molecule is O=C(OCOCc1ccccc1)c1csc(NCc2ccccc2)n1. The van der Waals surface area contributed by atoms with Crippen molar-refractivity contribution in [3.8, 4) is 0 Å². The molecule has 0 amide bonds. The summed E-state index contributed by atoms with van der Waals surface area (Å²) in [7, 11) is 0. The first-order valence-corrected chi connectivity index (χ1v) is 8.71. The van der Waals surface area contributed by atoms with Gasteiger partial charge in [-0.05, 0) is 11.1 Å². The molecule has 6 heteroatoms. The fourth-order valence-electron chi connectivity index (χ4n) is 2.13. The van der Waals surface area contributed by atoms with Crippen molar-refractivity contribution in [2.45, 2.75) is 13.2 Å². The van der Waals surface area contributed by atoms with Gasteiger partial charge in [-0.15, -0.1) is 11.3 Å². The third-order valence-corrected chi connectivity index (χ3v) is 4.18. The molecule has 0 aliphatic rings. The molecule has 0 bridgehead atoms. The van der Waals surface area contributed by atoms with Crippen LogP contribution in [-0.4, -0.2) is 17.7 Å². The fourth-order valence-corrected chi connectivity index (χ4v) is 2.80. The zero-order valence-corrected chi connectivity index (χ0v) is 14.4. The molecule has 1 N–H and O–H groups in total. The number of rotatable bonds is 8. The van der Waals surface area contributed by atoms with E-state index in [1.54, 1.807) is 5.38 Å². The first kappa shape index (κ1) is 17.1. The number of nitrogens with zero attached hydrogens (tertiary/aromatic N) is 1. The summed E-state index contributed by atoms with van der Waals surface area (Å²) >= 11 is 1.37. The van der Waals surface area contributed by atoms with Gasteiger partial charge in [-0.2, -0.15) is 0 Å². The molecule has 0 aliphatic carbocycles. The predicted molar refractivity (Wildman–Crippen MR) is 97.4 cm³/mol. The van der Waals surface area contributed by atoms with Crippen molar-refractivity contribution < 1.29 is 14.3 Å². The highest BCUT2D eigenvalue weighted by atomic mass is 32.1. The molecular formula is C19H18N2O3S. The number of benzene rings is 2. The van der Waals surface area contributed by atoms with Gasteiger partial charge in [-0.3, -0.25) is 0 Å². The summed E-state index contributed by atoms with van der Waals surface area (Å²) in [5, 5.41) is 5.55. The van der Waals surface area contributed by atoms with Gasteiger partial charge in [0.15, 0.2) is 17.6 Å². The molecule has 0 fully saturated rings. The Morgan fingerprint density at radius 1 is 1.00 bits per heavy atom. The molecule has 128 valence electrons. The maximum atomic E-state index is 12.0. The Balaban J connectivity index is 1.41. The molecule has 1 aromatic heterocycles. The number of carbonyl (C=O) groups excluding carboxylic acids is 1. The molecule has 3 aromatic rings. The van der Waals surface area contributed by atoms with Gasteiger partial charge in [0.05, 0.1) is 6.61 Å². The van der Waals surface area contributed by atoms with Crippen molar-refractivity contribution in [3.05, 3.63) is 82.9 Å². The van der Waals surface area contributed by atoms with E-state index in [-0.39, 0.29) is 12.5 Å². The molecule has 0 spiro atoms. The number of ether oxygens (including phenoxy) is 2. The molecule has 25 heavy (non-hydrogen) atoms. The van der Waals surface area contributed by atoms with Crippen molar-refractivity contribution >= 4 is 22.4 Å². The topological polar surface area (TPSA) is 60.5 Å². The number of esters is 1. The van der Waals surface area contributed by atoms with Gasteiger partial charge in [-0.1, -0.05) is 60.7 Å². The number of hydrogen-bond donors (Lipinski definition) is 1. The van der Waals surface area contributed by atoms with Gasteiger partial charge in [0.2, 0.25) is 0 Å². The van der Waals surface area contributed by atoms with Crippen molar-refractivity contribution in [3.63, 3.8) is 0 Å². The van der Waals surface area contributed by atoms with Crippen LogP contribution in [0, 0.1) is 0 Å². The molecule has 1 heterocycles. The van der Waals surface area contributed by atoms with Gasteiger partial charge in [0, 0.05) is 11.9 Å². The second kappa shape index (κ2) is 8.96. The van der Waals surface area contributed by atoms with Crippen molar-refractivity contribution in [2.75, 3.05) is 12.1 Å². The van der Waals surface area contributed by atoms with Crippen molar-refractivity contribution in [2.24, 2.45) is 0 Å². The number of carbonyl (C=O) groups is 1. The van der Waals surface area contributed by atoms with Crippen LogP contribution in [0.15, 0.2) is 66.0 Å². The zero-order valence-electron chi connectivity index (χ0n) is 13.6. The Bertz CT molecular complexity index is 791. The van der Waals surface area contributed by atoms with E-state index in [1.807, 2.05) is 60.7 Å². The summed E-state index contributed by atoms with van der Waals surface area (Å²) in [6, 6.07) is 19.7. The molecule has 0 saturated carbocycles. The number of aromatic nitrogens is 1. The molecule has 2 aromatic carbocycles. The van der Waals surface area contributed by atoms with Crippen LogP contribution in [0.2, 0.25) is 0 Å². The largest absolute Gasteiger partial charge is 0.434 e. The van der Waals surface area contributed by atoms with Crippen LogP contribution < -0.4 is 5.32 Å². The number of nitrogens with one attached hydrogen (secondary N) is 1. The highest BCUT2D eigenvalue weighted by molar-refractivity contribution is 7.13. The van der Waals surface area contributed by atoms with Crippen LogP contribution in [-0.2, 0) is 22.6 Å². The van der Waals surface area contributed by atoms with E-state index < -0.39 is 5.97 Å². The van der Waals surface area contributed by atoms with Crippen LogP contribution in [0.25, 0.3) is 0 Å². The summed E-state index contributed by atoms with van der Waals surface area (Å²) in [6.07, 6.45) is 0. The van der Waals surface area contributed by atoms with Gasteiger partial charge >= 0.3 is 5.97 Å². The van der Waals surface area contributed by atoms with Crippen LogP contribution in [0.5, 0.6) is 0 Å². The third-order valence-electron chi connectivity index (χ3n) is 3.38. The first-order chi connectivity index (χ1) is 12.3. The first-order valence-electron chi connectivity index (χ1n) is 7.83. The van der Waals surface area contributed by atoms with Crippen LogP contribution in [0.3, 0.4) is 0 Å². The lowest BCUT2D eigenvalue weighted by Gasteiger charge is -2.05. The van der Waals surface area contributed by atoms with Gasteiger partial charge < -0.3 is 14.8 Å². The molecule has 3 rings (SSSR count). The Morgan fingerprint density at radius 2 is 1.68 bits per heavy atom. The van der Waals surface area contributed by atoms with Gasteiger partial charge in [0.1, 0.15) is 0 Å². The Morgan fingerprint density at radius 3 is 2.40 bits per heavy atom. The average Bonchev–Trinajstić information content (AvgIpc) is 3.14. The molecule has 0 atom stereocenters. The minimum absolute atomic E-state index is 0.0992. The fraction of sp³-hybridized carbons (Fsp3) is 0.158. The van der Waals surface area contributed by atoms with E-state index in [1.165, 1.54) is 11.3 Å². The van der Waals surface area contributed by atoms with Crippen LogP contribution in [0.4, 0.5) is 5.13 Å². The lowest BCUT2D eigenvalue weighted by Crippen LogP contribution is -2.09. The van der Waals surface area contributed by atoms with Crippen LogP contribution in [0.1, 0.15) is 21.6 Å². The predicted octanol–water partition coefficient (Wildman–Crippen LogP) is 4.09. The summed E-state index contributed by atoms with van der Waals surface area (Å²) in [6.45, 7) is 0.954. The standard InChI is InChI=1S/C19H18N2O3S/c22-18(24-14-23-12-16-9-5-2-6-10-16)17-13-25-19(21-17)20-11-15-7-3-1-4-8-15/h1-10,13H,11-12,14H2,(H,20,21). The highest BCUT2D eigenvalue weighted by Crippen LogP contribution is 2.17. The third kappa shape index (κ3) is 5.41. The second-order valence-electron chi connectivity index (χ2n) is 5.26. The van der Waals surface area contributed by atoms with E-state index in [0.717, 1.165) is 11.1 Å². The van der Waals surface area contributed by atoms with Gasteiger partial charge in [-0.25, -0.2) is 9.78 Å². The molecule has 0 radical (unpaired) electrons. The lowest BCUT2D eigenvalue weighted by atomic mass is 10.2. The molecule has 5 nitrogen and oxygen atoms in total. The van der Waals surface area contributed by atoms with E-state index in [9.17, 15) is 4.79 Å². The van der Waals surface area contributed by atoms with Crippen molar-refractivity contribution in [1.82, 2.24) is 4.98 Å². The minimum Gasteiger partial charge on any atom is -0.434 e. The maximum absolute atomic E-state index is 12.0. The zero-order chi connectivity index (χ0) is 17.3. The second-order valence-corrected chi connectivity index (χ2v) is 6.12. The molecule has 0 aliphatic heterocycles. The van der Waals surface area contributed by atoms with E-state index in [4.69, 9.17) is 9.47 Å². The lowest BCUT2D eigenvalue weighted by molar-refractivity contribution is -0.0384. The normalized spacial score (nSPS) is 10.4. The summed E-state index contributed by atoms with van der Waals surface area (Å²) in [5.74, 6) is -0.489. The summed E-state index contributed by atoms with van der Waals surface area (Å²) < 4.78 is 10.4. The smallest absolute Gasteiger partial charge is 0.359 e. The Hall–Kier alpha value is -2.70. The molecular weight excluding hydrogens is 336 g/mol. The average molecular weight is 354 g/mol. The Labute approximate surface area is 150 Å². The Kier molecular flexibility index (Phi) is 6.14. The number of hydrogen-bond acceptors (Lipinski definition) is 6. The monoisotopic (exact) mass is 354 g/mol. The van der Waals surface area contributed by atoms with Crippen molar-refractivity contribution in [1.29, 1.82) is 0 Å². The van der Waals surface area contributed by atoms with Gasteiger partial charge in [0.25, 0.3) is 0 Å².